The molecule has 0 spiro atoms. The number of aromatic nitrogens is 2. The van der Waals surface area contributed by atoms with E-state index in [9.17, 15) is 5.11 Å². The van der Waals surface area contributed by atoms with Crippen LogP contribution in [0.2, 0.25) is 0 Å². The van der Waals surface area contributed by atoms with Gasteiger partial charge in [0.25, 0.3) is 0 Å². The summed E-state index contributed by atoms with van der Waals surface area (Å²) in [5, 5.41) is 9.31. The molecular weight excluding hydrogens is 160 g/mol. The van der Waals surface area contributed by atoms with Gasteiger partial charge in [-0.05, 0) is 13.8 Å². The van der Waals surface area contributed by atoms with Crippen LogP contribution in [0.15, 0.2) is 6.20 Å². The Balaban J connectivity index is 2.95. The normalized spacial score (nSPS) is 11.1. The molecule has 58 valence electrons. The maximum Gasteiger partial charge on any atom is 0.216 e. The van der Waals surface area contributed by atoms with Crippen LogP contribution in [-0.2, 0) is 0 Å². The molecule has 0 saturated carbocycles. The molecule has 0 unspecified atom stereocenters. The van der Waals surface area contributed by atoms with Gasteiger partial charge < -0.3 is 5.11 Å². The van der Waals surface area contributed by atoms with Crippen molar-refractivity contribution in [1.29, 1.82) is 0 Å². The average molecular weight is 168 g/mol. The molecule has 2 rings (SSSR count). The molecule has 2 heterocycles. The topological polar surface area (TPSA) is 37.5 Å². The molecule has 1 N–H and O–H groups in total. The summed E-state index contributed by atoms with van der Waals surface area (Å²) in [5.41, 5.74) is 1.07. The number of nitrogens with zero attached hydrogens (tertiary/aromatic N) is 2. The summed E-state index contributed by atoms with van der Waals surface area (Å²) in [5.74, 6) is 0.224. The molecule has 0 bridgehead atoms. The van der Waals surface area contributed by atoms with Crippen LogP contribution in [0.4, 0.5) is 0 Å². The molecule has 2 aromatic heterocycles. The highest BCUT2D eigenvalue weighted by atomic mass is 32.1. The molecule has 0 atom stereocenters. The van der Waals surface area contributed by atoms with E-state index in [1.165, 1.54) is 11.1 Å². The number of hydrogen-bond donors (Lipinski definition) is 1. The monoisotopic (exact) mass is 168 g/mol. The lowest BCUT2D eigenvalue weighted by atomic mass is 10.4. The largest absolute Gasteiger partial charge is 0.493 e. The molecule has 0 amide bonds. The Kier molecular flexibility index (Phi) is 1.20. The summed E-state index contributed by atoms with van der Waals surface area (Å²) in [6.07, 6.45) is 1.47. The number of fused-ring (bicyclic) bond motifs is 1. The van der Waals surface area contributed by atoms with E-state index in [0.717, 1.165) is 10.7 Å². The Morgan fingerprint density at radius 3 is 2.91 bits per heavy atom. The highest BCUT2D eigenvalue weighted by molar-refractivity contribution is 7.17. The van der Waals surface area contributed by atoms with Crippen molar-refractivity contribution in [3.8, 4) is 5.88 Å². The van der Waals surface area contributed by atoms with Gasteiger partial charge in [-0.2, -0.15) is 0 Å². The zero-order valence-corrected chi connectivity index (χ0v) is 7.14. The van der Waals surface area contributed by atoms with E-state index < -0.39 is 0 Å². The fraction of sp³-hybridized carbons (Fsp3) is 0.286. The van der Waals surface area contributed by atoms with Crippen LogP contribution < -0.4 is 0 Å². The molecule has 2 aromatic rings. The highest BCUT2D eigenvalue weighted by Crippen LogP contribution is 2.25. The zero-order chi connectivity index (χ0) is 8.01. The molecule has 0 saturated heterocycles. The van der Waals surface area contributed by atoms with Crippen LogP contribution in [0.3, 0.4) is 0 Å². The second-order valence-electron chi connectivity index (χ2n) is 2.48. The zero-order valence-electron chi connectivity index (χ0n) is 6.33. The maximum atomic E-state index is 9.31. The molecule has 0 aliphatic rings. The van der Waals surface area contributed by atoms with Gasteiger partial charge in [-0.3, -0.25) is 4.40 Å². The lowest BCUT2D eigenvalue weighted by Crippen LogP contribution is -1.82. The molecule has 0 aliphatic heterocycles. The molecule has 0 aliphatic carbocycles. The van der Waals surface area contributed by atoms with E-state index in [1.54, 1.807) is 15.7 Å². The van der Waals surface area contributed by atoms with Crippen molar-refractivity contribution in [2.45, 2.75) is 13.8 Å². The van der Waals surface area contributed by atoms with Crippen molar-refractivity contribution in [3.63, 3.8) is 0 Å². The van der Waals surface area contributed by atoms with Gasteiger partial charge >= 0.3 is 0 Å². The molecule has 0 radical (unpaired) electrons. The molecule has 0 fully saturated rings. The van der Waals surface area contributed by atoms with Crippen LogP contribution >= 0.6 is 11.3 Å². The molecular formula is C7H8N2OS. The minimum atomic E-state index is 0.224. The third-order valence-electron chi connectivity index (χ3n) is 1.80. The van der Waals surface area contributed by atoms with Crippen LogP contribution in [-0.4, -0.2) is 14.5 Å². The van der Waals surface area contributed by atoms with Crippen molar-refractivity contribution in [2.24, 2.45) is 0 Å². The summed E-state index contributed by atoms with van der Waals surface area (Å²) in [7, 11) is 0. The minimum Gasteiger partial charge on any atom is -0.493 e. The van der Waals surface area contributed by atoms with Crippen molar-refractivity contribution >= 4 is 16.3 Å². The Labute approximate surface area is 67.9 Å². The second-order valence-corrected chi connectivity index (χ2v) is 3.66. The summed E-state index contributed by atoms with van der Waals surface area (Å²) in [4.78, 5) is 6.09. The number of hydrogen-bond acceptors (Lipinski definition) is 3. The van der Waals surface area contributed by atoms with Gasteiger partial charge in [0.05, 0.1) is 6.20 Å². The highest BCUT2D eigenvalue weighted by Gasteiger charge is 2.08. The fourth-order valence-electron chi connectivity index (χ4n) is 1.08. The number of imidazole rings is 1. The van der Waals surface area contributed by atoms with Crippen molar-refractivity contribution in [3.05, 3.63) is 16.8 Å². The predicted molar refractivity (Wildman–Crippen MR) is 44.2 cm³/mol. The first-order valence-electron chi connectivity index (χ1n) is 3.32. The van der Waals surface area contributed by atoms with Gasteiger partial charge in [0.2, 0.25) is 5.88 Å². The quantitative estimate of drug-likeness (QED) is 0.650. The van der Waals surface area contributed by atoms with Gasteiger partial charge in [0, 0.05) is 10.6 Å². The Bertz CT molecular complexity index is 402. The number of aromatic hydroxyl groups is 1. The second kappa shape index (κ2) is 1.98. The van der Waals surface area contributed by atoms with Crippen LogP contribution in [0.1, 0.15) is 10.6 Å². The summed E-state index contributed by atoms with van der Waals surface area (Å²) >= 11 is 1.59. The Morgan fingerprint density at radius 1 is 1.55 bits per heavy atom. The summed E-state index contributed by atoms with van der Waals surface area (Å²) in [6, 6.07) is 0. The molecule has 4 heteroatoms. The predicted octanol–water partition coefficient (Wildman–Crippen LogP) is 1.72. The third-order valence-corrected chi connectivity index (χ3v) is 2.87. The van der Waals surface area contributed by atoms with Gasteiger partial charge in [-0.1, -0.05) is 0 Å². The number of thiazole rings is 1. The first-order valence-corrected chi connectivity index (χ1v) is 4.14. The molecule has 0 aromatic carbocycles. The van der Waals surface area contributed by atoms with Gasteiger partial charge in [-0.15, -0.1) is 11.3 Å². The Morgan fingerprint density at radius 2 is 2.27 bits per heavy atom. The first kappa shape index (κ1) is 6.67. The van der Waals surface area contributed by atoms with Crippen LogP contribution in [0.5, 0.6) is 5.88 Å². The van der Waals surface area contributed by atoms with Crippen molar-refractivity contribution < 1.29 is 5.11 Å². The van der Waals surface area contributed by atoms with Gasteiger partial charge in [0.15, 0.2) is 4.96 Å². The molecule has 11 heavy (non-hydrogen) atoms. The van der Waals surface area contributed by atoms with E-state index in [0.29, 0.717) is 0 Å². The smallest absolute Gasteiger partial charge is 0.216 e. The van der Waals surface area contributed by atoms with Crippen LogP contribution in [0, 0.1) is 13.8 Å². The van der Waals surface area contributed by atoms with E-state index in [-0.39, 0.29) is 5.88 Å². The average Bonchev–Trinajstić information content (AvgIpc) is 2.41. The maximum absolute atomic E-state index is 9.31. The lowest BCUT2D eigenvalue weighted by molar-refractivity contribution is 0.447. The minimum absolute atomic E-state index is 0.224. The summed E-state index contributed by atoms with van der Waals surface area (Å²) in [6.45, 7) is 3.99. The fourth-order valence-corrected chi connectivity index (χ4v) is 2.02. The number of rotatable bonds is 0. The van der Waals surface area contributed by atoms with Gasteiger partial charge in [-0.25, -0.2) is 4.98 Å². The third kappa shape index (κ3) is 0.758. The van der Waals surface area contributed by atoms with Crippen molar-refractivity contribution in [1.82, 2.24) is 9.38 Å². The van der Waals surface area contributed by atoms with E-state index >= 15 is 0 Å². The van der Waals surface area contributed by atoms with Crippen molar-refractivity contribution in [2.75, 3.05) is 0 Å². The lowest BCUT2D eigenvalue weighted by Gasteiger charge is -1.91. The number of aryl methyl sites for hydroxylation is 2. The Hall–Kier alpha value is -1.03. The summed E-state index contributed by atoms with van der Waals surface area (Å²) < 4.78 is 1.75. The molecule has 3 nitrogen and oxygen atoms in total. The SMILES string of the molecule is Cc1sc2ncc(O)n2c1C. The first-order chi connectivity index (χ1) is 5.20. The standard InChI is InChI=1S/C7H8N2OS/c1-4-5(2)11-7-8-3-6(10)9(4)7/h3,10H,1-2H3. The van der Waals surface area contributed by atoms with Crippen LogP contribution in [0.25, 0.3) is 4.96 Å². The van der Waals surface area contributed by atoms with E-state index in [2.05, 4.69) is 4.98 Å². The van der Waals surface area contributed by atoms with E-state index in [1.807, 2.05) is 13.8 Å². The van der Waals surface area contributed by atoms with Gasteiger partial charge in [0.1, 0.15) is 0 Å². The van der Waals surface area contributed by atoms with E-state index in [4.69, 9.17) is 0 Å².